The highest BCUT2D eigenvalue weighted by Gasteiger charge is 2.23. The molecular weight excluding hydrogens is 344 g/mol. The number of nitrogens with zero attached hydrogens (tertiary/aromatic N) is 4. The molecule has 0 fully saturated rings. The summed E-state index contributed by atoms with van der Waals surface area (Å²) in [4.78, 5) is 0. The van der Waals surface area contributed by atoms with E-state index in [0.717, 1.165) is 27.7 Å². The molecule has 7 heteroatoms. The molecule has 136 valence electrons. The maximum absolute atomic E-state index is 6.06. The third-order valence-corrected chi connectivity index (χ3v) is 4.59. The quantitative estimate of drug-likeness (QED) is 0.519. The Kier molecular flexibility index (Phi) is 3.35. The van der Waals surface area contributed by atoms with Gasteiger partial charge in [-0.1, -0.05) is 6.08 Å². The minimum Gasteiger partial charge on any atom is -0.483 e. The fourth-order valence-electron chi connectivity index (χ4n) is 3.29. The van der Waals surface area contributed by atoms with Crippen LogP contribution in [0.5, 0.6) is 11.5 Å². The summed E-state index contributed by atoms with van der Waals surface area (Å²) < 4.78 is 18.3. The number of benzene rings is 2. The number of fused-ring (bicyclic) bond motifs is 6. The predicted octanol–water partition coefficient (Wildman–Crippen LogP) is 3.60. The van der Waals surface area contributed by atoms with Gasteiger partial charge in [0.1, 0.15) is 22.6 Å². The highest BCUT2D eigenvalue weighted by Crippen LogP contribution is 2.35. The molecule has 0 saturated heterocycles. The van der Waals surface area contributed by atoms with Crippen molar-refractivity contribution in [2.75, 3.05) is 13.9 Å². The molecule has 1 aliphatic rings. The molecule has 0 saturated carbocycles. The molecule has 0 amide bonds. The summed E-state index contributed by atoms with van der Waals surface area (Å²) in [5, 5.41) is 14.4. The van der Waals surface area contributed by atoms with Gasteiger partial charge in [-0.15, -0.1) is 10.2 Å². The maximum atomic E-state index is 6.06. The standard InChI is InChI=1S/C20H18N4O3/c1-20(2)7-6-12-8-14-15(10-18(12)27-20)23-24-17-5-4-13(26-11-25-3)9-16(17)21-22-19(14)24/h4-10H,11H2,1-3H3. The lowest BCUT2D eigenvalue weighted by molar-refractivity contribution is 0.0512. The van der Waals surface area contributed by atoms with Crippen molar-refractivity contribution in [3.63, 3.8) is 0 Å². The Bertz CT molecular complexity index is 1230. The molecule has 0 N–H and O–H groups in total. The lowest BCUT2D eigenvalue weighted by Crippen LogP contribution is -2.27. The van der Waals surface area contributed by atoms with Crippen molar-refractivity contribution >= 4 is 33.7 Å². The Morgan fingerprint density at radius 3 is 2.85 bits per heavy atom. The SMILES string of the molecule is COCOc1ccc2c(c1)nnc1c3cc4c(cc3nn21)OC(C)(C)C=C4. The van der Waals surface area contributed by atoms with Crippen LogP contribution in [0.4, 0.5) is 0 Å². The average Bonchev–Trinajstić information content (AvgIpc) is 3.01. The van der Waals surface area contributed by atoms with Gasteiger partial charge in [0.05, 0.1) is 11.0 Å². The van der Waals surface area contributed by atoms with E-state index in [2.05, 4.69) is 28.4 Å². The second-order valence-corrected chi connectivity index (χ2v) is 7.08. The zero-order chi connectivity index (χ0) is 18.6. The van der Waals surface area contributed by atoms with Gasteiger partial charge >= 0.3 is 0 Å². The second kappa shape index (κ2) is 5.65. The zero-order valence-electron chi connectivity index (χ0n) is 15.3. The zero-order valence-corrected chi connectivity index (χ0v) is 15.3. The van der Waals surface area contributed by atoms with E-state index < -0.39 is 0 Å². The van der Waals surface area contributed by atoms with Crippen LogP contribution in [0, 0.1) is 0 Å². The fraction of sp³-hybridized carbons (Fsp3) is 0.250. The van der Waals surface area contributed by atoms with Crippen molar-refractivity contribution in [1.82, 2.24) is 19.8 Å². The molecule has 0 radical (unpaired) electrons. The third kappa shape index (κ3) is 2.59. The van der Waals surface area contributed by atoms with E-state index in [1.165, 1.54) is 0 Å². The third-order valence-electron chi connectivity index (χ3n) is 4.59. The van der Waals surface area contributed by atoms with E-state index in [-0.39, 0.29) is 12.4 Å². The summed E-state index contributed by atoms with van der Waals surface area (Å²) in [5.74, 6) is 1.50. The average molecular weight is 362 g/mol. The molecule has 1 aliphatic heterocycles. The van der Waals surface area contributed by atoms with E-state index in [9.17, 15) is 0 Å². The van der Waals surface area contributed by atoms with Gasteiger partial charge in [-0.2, -0.15) is 5.10 Å². The summed E-state index contributed by atoms with van der Waals surface area (Å²) in [6.45, 7) is 4.24. The van der Waals surface area contributed by atoms with Gasteiger partial charge < -0.3 is 14.2 Å². The van der Waals surface area contributed by atoms with Gasteiger partial charge in [0.15, 0.2) is 12.4 Å². The van der Waals surface area contributed by atoms with Crippen LogP contribution in [0.1, 0.15) is 19.4 Å². The Balaban J connectivity index is 1.70. The Labute approximate surface area is 155 Å². The van der Waals surface area contributed by atoms with Crippen LogP contribution >= 0.6 is 0 Å². The molecule has 2 aromatic carbocycles. The first-order valence-electron chi connectivity index (χ1n) is 8.67. The molecule has 0 spiro atoms. The van der Waals surface area contributed by atoms with E-state index in [1.807, 2.05) is 42.6 Å². The summed E-state index contributed by atoms with van der Waals surface area (Å²) >= 11 is 0. The lowest BCUT2D eigenvalue weighted by Gasteiger charge is -2.27. The summed E-state index contributed by atoms with van der Waals surface area (Å²) in [6.07, 6.45) is 4.13. The molecule has 0 atom stereocenters. The Morgan fingerprint density at radius 2 is 2.00 bits per heavy atom. The van der Waals surface area contributed by atoms with Gasteiger partial charge in [-0.25, -0.2) is 4.52 Å². The van der Waals surface area contributed by atoms with Crippen LogP contribution in [0.2, 0.25) is 0 Å². The number of methoxy groups -OCH3 is 1. The molecular formula is C20H18N4O3. The normalized spacial score (nSPS) is 15.2. The van der Waals surface area contributed by atoms with Crippen LogP contribution < -0.4 is 9.47 Å². The number of aromatic nitrogens is 4. The largest absolute Gasteiger partial charge is 0.483 e. The number of ether oxygens (including phenoxy) is 3. The van der Waals surface area contributed by atoms with E-state index in [1.54, 1.807) is 7.11 Å². The second-order valence-electron chi connectivity index (χ2n) is 7.08. The first-order valence-corrected chi connectivity index (χ1v) is 8.67. The maximum Gasteiger partial charge on any atom is 0.188 e. The minimum absolute atomic E-state index is 0.183. The van der Waals surface area contributed by atoms with Gasteiger partial charge in [-0.05, 0) is 38.1 Å². The van der Waals surface area contributed by atoms with Crippen LogP contribution in [0.15, 0.2) is 36.4 Å². The van der Waals surface area contributed by atoms with Crippen LogP contribution in [-0.2, 0) is 4.74 Å². The number of hydrogen-bond acceptors (Lipinski definition) is 6. The number of rotatable bonds is 3. The molecule has 7 nitrogen and oxygen atoms in total. The fourth-order valence-corrected chi connectivity index (χ4v) is 3.29. The van der Waals surface area contributed by atoms with Crippen LogP contribution in [-0.4, -0.2) is 39.3 Å². The lowest BCUT2D eigenvalue weighted by atomic mass is 10.0. The van der Waals surface area contributed by atoms with Crippen molar-refractivity contribution in [2.24, 2.45) is 0 Å². The predicted molar refractivity (Wildman–Crippen MR) is 102 cm³/mol. The van der Waals surface area contributed by atoms with Crippen molar-refractivity contribution in [3.8, 4) is 11.5 Å². The van der Waals surface area contributed by atoms with E-state index in [4.69, 9.17) is 19.3 Å². The van der Waals surface area contributed by atoms with Crippen molar-refractivity contribution in [2.45, 2.75) is 19.4 Å². The monoisotopic (exact) mass is 362 g/mol. The van der Waals surface area contributed by atoms with Crippen LogP contribution in [0.3, 0.4) is 0 Å². The molecule has 5 rings (SSSR count). The van der Waals surface area contributed by atoms with E-state index >= 15 is 0 Å². The first-order chi connectivity index (χ1) is 13.0. The number of hydrogen-bond donors (Lipinski definition) is 0. The highest BCUT2D eigenvalue weighted by atomic mass is 16.7. The van der Waals surface area contributed by atoms with Crippen molar-refractivity contribution in [3.05, 3.63) is 42.0 Å². The topological polar surface area (TPSA) is 70.8 Å². The molecule has 4 aromatic rings. The summed E-state index contributed by atoms with van der Waals surface area (Å²) in [7, 11) is 1.58. The molecule has 0 unspecified atom stereocenters. The minimum atomic E-state index is -0.328. The molecule has 3 heterocycles. The van der Waals surface area contributed by atoms with Crippen molar-refractivity contribution in [1.29, 1.82) is 0 Å². The smallest absolute Gasteiger partial charge is 0.188 e. The molecule has 27 heavy (non-hydrogen) atoms. The molecule has 0 bridgehead atoms. The van der Waals surface area contributed by atoms with Gasteiger partial charge in [-0.3, -0.25) is 0 Å². The summed E-state index contributed by atoms with van der Waals surface area (Å²) in [5.41, 5.74) is 3.78. The molecule has 2 aromatic heterocycles. The van der Waals surface area contributed by atoms with E-state index in [0.29, 0.717) is 16.9 Å². The first kappa shape index (κ1) is 16.0. The molecule has 0 aliphatic carbocycles. The summed E-state index contributed by atoms with van der Waals surface area (Å²) in [6, 6.07) is 9.63. The van der Waals surface area contributed by atoms with Crippen molar-refractivity contribution < 1.29 is 14.2 Å². The van der Waals surface area contributed by atoms with Gasteiger partial charge in [0.2, 0.25) is 0 Å². The highest BCUT2D eigenvalue weighted by molar-refractivity contribution is 5.97. The van der Waals surface area contributed by atoms with Gasteiger partial charge in [0, 0.05) is 30.2 Å². The Morgan fingerprint density at radius 1 is 1.11 bits per heavy atom. The van der Waals surface area contributed by atoms with Gasteiger partial charge in [0.25, 0.3) is 0 Å². The van der Waals surface area contributed by atoms with Crippen LogP contribution in [0.25, 0.3) is 33.7 Å². The Hall–Kier alpha value is -3.19.